The minimum atomic E-state index is -0.729. The lowest BCUT2D eigenvalue weighted by Gasteiger charge is -2.13. The lowest BCUT2D eigenvalue weighted by molar-refractivity contribution is -0.120. The lowest BCUT2D eigenvalue weighted by atomic mass is 10.1. The molecule has 1 aliphatic heterocycles. The molecular formula is C16H13N3O4S. The molecular weight excluding hydrogens is 330 g/mol. The van der Waals surface area contributed by atoms with Crippen LogP contribution >= 0.6 is 11.3 Å². The second kappa shape index (κ2) is 6.63. The molecule has 5 amide bonds. The molecule has 0 aliphatic carbocycles. The number of fused-ring (bicyclic) bond motifs is 1. The van der Waals surface area contributed by atoms with Gasteiger partial charge in [-0.2, -0.15) is 0 Å². The monoisotopic (exact) mass is 343 g/mol. The molecule has 0 unspecified atom stereocenters. The first-order valence-corrected chi connectivity index (χ1v) is 7.99. The molecule has 0 atom stereocenters. The number of rotatable bonds is 4. The van der Waals surface area contributed by atoms with E-state index in [9.17, 15) is 19.2 Å². The molecule has 122 valence electrons. The maximum Gasteiger partial charge on any atom is 0.321 e. The normalized spacial score (nSPS) is 12.9. The Bertz CT molecular complexity index is 781. The van der Waals surface area contributed by atoms with Crippen LogP contribution in [0.15, 0.2) is 41.8 Å². The summed E-state index contributed by atoms with van der Waals surface area (Å²) < 4.78 is 0. The fourth-order valence-electron chi connectivity index (χ4n) is 2.32. The van der Waals surface area contributed by atoms with E-state index >= 15 is 0 Å². The van der Waals surface area contributed by atoms with Gasteiger partial charge in [-0.05, 0) is 23.6 Å². The molecule has 8 heteroatoms. The molecule has 0 fully saturated rings. The van der Waals surface area contributed by atoms with Crippen LogP contribution in [0.25, 0.3) is 0 Å². The number of carbonyl (C=O) groups is 4. The van der Waals surface area contributed by atoms with Gasteiger partial charge < -0.3 is 5.32 Å². The smallest absolute Gasteiger partial charge is 0.321 e. The summed E-state index contributed by atoms with van der Waals surface area (Å²) in [6, 6.07) is 9.38. The van der Waals surface area contributed by atoms with Gasteiger partial charge in [-0.15, -0.1) is 11.3 Å². The molecule has 0 saturated carbocycles. The third kappa shape index (κ3) is 3.18. The third-order valence-electron chi connectivity index (χ3n) is 3.44. The van der Waals surface area contributed by atoms with Crippen molar-refractivity contribution in [2.75, 3.05) is 6.54 Å². The molecule has 24 heavy (non-hydrogen) atoms. The predicted octanol–water partition coefficient (Wildman–Crippen LogP) is 1.37. The minimum Gasteiger partial charge on any atom is -0.333 e. The second-order valence-electron chi connectivity index (χ2n) is 5.05. The van der Waals surface area contributed by atoms with Crippen molar-refractivity contribution in [2.45, 2.75) is 6.54 Å². The minimum absolute atomic E-state index is 0.262. The third-order valence-corrected chi connectivity index (χ3v) is 4.31. The van der Waals surface area contributed by atoms with Crippen LogP contribution in [0.5, 0.6) is 0 Å². The van der Waals surface area contributed by atoms with Crippen molar-refractivity contribution in [1.29, 1.82) is 0 Å². The van der Waals surface area contributed by atoms with Crippen LogP contribution in [0.4, 0.5) is 4.79 Å². The van der Waals surface area contributed by atoms with Crippen LogP contribution in [0.2, 0.25) is 0 Å². The Morgan fingerprint density at radius 3 is 2.25 bits per heavy atom. The van der Waals surface area contributed by atoms with E-state index in [1.54, 1.807) is 12.1 Å². The summed E-state index contributed by atoms with van der Waals surface area (Å²) >= 11 is 1.48. The zero-order valence-corrected chi connectivity index (χ0v) is 13.3. The topological polar surface area (TPSA) is 95.6 Å². The average molecular weight is 343 g/mol. The highest BCUT2D eigenvalue weighted by Gasteiger charge is 2.36. The number of nitrogens with one attached hydrogen (secondary N) is 2. The van der Waals surface area contributed by atoms with E-state index in [0.29, 0.717) is 6.54 Å². The Morgan fingerprint density at radius 1 is 1.00 bits per heavy atom. The van der Waals surface area contributed by atoms with E-state index in [-0.39, 0.29) is 11.1 Å². The first-order chi connectivity index (χ1) is 11.6. The van der Waals surface area contributed by atoms with Gasteiger partial charge in [0.25, 0.3) is 11.8 Å². The van der Waals surface area contributed by atoms with Crippen molar-refractivity contribution in [2.24, 2.45) is 0 Å². The quantitative estimate of drug-likeness (QED) is 0.820. The molecule has 2 heterocycles. The van der Waals surface area contributed by atoms with Crippen molar-refractivity contribution >= 4 is 35.1 Å². The fraction of sp³-hybridized carbons (Fsp3) is 0.125. The Hall–Kier alpha value is -3.00. The van der Waals surface area contributed by atoms with E-state index in [1.165, 1.54) is 23.5 Å². The highest BCUT2D eigenvalue weighted by molar-refractivity contribution is 7.09. The Kier molecular flexibility index (Phi) is 4.39. The van der Waals surface area contributed by atoms with Crippen LogP contribution in [0.1, 0.15) is 25.6 Å². The average Bonchev–Trinajstić information content (AvgIpc) is 3.17. The zero-order valence-electron chi connectivity index (χ0n) is 12.4. The zero-order chi connectivity index (χ0) is 17.1. The Morgan fingerprint density at radius 2 is 1.67 bits per heavy atom. The van der Waals surface area contributed by atoms with Gasteiger partial charge in [0.15, 0.2) is 0 Å². The van der Waals surface area contributed by atoms with Gasteiger partial charge >= 0.3 is 6.03 Å². The lowest BCUT2D eigenvalue weighted by Crippen LogP contribution is -2.45. The van der Waals surface area contributed by atoms with Gasteiger partial charge in [-0.25, -0.2) is 4.79 Å². The number of carbonyl (C=O) groups excluding carboxylic acids is 4. The number of thiophene rings is 1. The van der Waals surface area contributed by atoms with Crippen LogP contribution in [0, 0.1) is 0 Å². The molecule has 1 aromatic heterocycles. The summed E-state index contributed by atoms with van der Waals surface area (Å²) in [7, 11) is 0. The van der Waals surface area contributed by atoms with E-state index in [1.807, 2.05) is 17.5 Å². The predicted molar refractivity (Wildman–Crippen MR) is 86.5 cm³/mol. The number of urea groups is 1. The largest absolute Gasteiger partial charge is 0.333 e. The van der Waals surface area contributed by atoms with Crippen molar-refractivity contribution in [3.05, 3.63) is 57.8 Å². The van der Waals surface area contributed by atoms with E-state index in [2.05, 4.69) is 10.6 Å². The molecule has 2 aromatic rings. The van der Waals surface area contributed by atoms with Crippen molar-refractivity contribution in [3.8, 4) is 0 Å². The van der Waals surface area contributed by atoms with Crippen molar-refractivity contribution < 1.29 is 19.2 Å². The number of amides is 5. The van der Waals surface area contributed by atoms with Crippen molar-refractivity contribution in [1.82, 2.24) is 15.5 Å². The van der Waals surface area contributed by atoms with Gasteiger partial charge in [0.2, 0.25) is 5.91 Å². The van der Waals surface area contributed by atoms with Gasteiger partial charge in [-0.1, -0.05) is 18.2 Å². The molecule has 0 bridgehead atoms. The first-order valence-electron chi connectivity index (χ1n) is 7.11. The maximum absolute atomic E-state index is 12.1. The Balaban J connectivity index is 1.55. The van der Waals surface area contributed by atoms with Crippen LogP contribution in [-0.4, -0.2) is 35.2 Å². The number of imide groups is 2. The molecule has 2 N–H and O–H groups in total. The maximum atomic E-state index is 12.1. The molecule has 0 saturated heterocycles. The summed E-state index contributed by atoms with van der Waals surface area (Å²) in [5, 5.41) is 6.52. The number of hydrogen-bond donors (Lipinski definition) is 2. The van der Waals surface area contributed by atoms with E-state index in [4.69, 9.17) is 0 Å². The highest BCUT2D eigenvalue weighted by atomic mass is 32.1. The molecule has 7 nitrogen and oxygen atoms in total. The fourth-order valence-corrected chi connectivity index (χ4v) is 2.96. The molecule has 0 spiro atoms. The summed E-state index contributed by atoms with van der Waals surface area (Å²) in [4.78, 5) is 49.6. The van der Waals surface area contributed by atoms with Crippen LogP contribution in [-0.2, 0) is 11.3 Å². The molecule has 1 aliphatic rings. The first kappa shape index (κ1) is 15.9. The Labute approximate surface area is 141 Å². The van der Waals surface area contributed by atoms with Gasteiger partial charge in [0.1, 0.15) is 6.54 Å². The summed E-state index contributed by atoms with van der Waals surface area (Å²) in [6.45, 7) is -0.206. The summed E-state index contributed by atoms with van der Waals surface area (Å²) in [6.07, 6.45) is 0. The van der Waals surface area contributed by atoms with Crippen LogP contribution < -0.4 is 10.6 Å². The summed E-state index contributed by atoms with van der Waals surface area (Å²) in [5.74, 6) is -1.80. The standard InChI is InChI=1S/C16H13N3O4S/c20-13(18-16(23)17-8-10-4-3-7-24-10)9-19-14(21)11-5-1-2-6-12(11)15(19)22/h1-7H,8-9H2,(H2,17,18,20,23). The van der Waals surface area contributed by atoms with Gasteiger partial charge in [0.05, 0.1) is 17.7 Å². The number of hydrogen-bond acceptors (Lipinski definition) is 5. The SMILES string of the molecule is O=C(CN1C(=O)c2ccccc2C1=O)NC(=O)NCc1cccs1. The van der Waals surface area contributed by atoms with Crippen molar-refractivity contribution in [3.63, 3.8) is 0 Å². The number of benzene rings is 1. The van der Waals surface area contributed by atoms with Gasteiger partial charge in [-0.3, -0.25) is 24.6 Å². The van der Waals surface area contributed by atoms with E-state index < -0.39 is 30.3 Å². The summed E-state index contributed by atoms with van der Waals surface area (Å²) in [5.41, 5.74) is 0.523. The van der Waals surface area contributed by atoms with E-state index in [0.717, 1.165) is 9.78 Å². The van der Waals surface area contributed by atoms with Crippen LogP contribution in [0.3, 0.4) is 0 Å². The second-order valence-corrected chi connectivity index (χ2v) is 6.08. The highest BCUT2D eigenvalue weighted by Crippen LogP contribution is 2.21. The van der Waals surface area contributed by atoms with Gasteiger partial charge in [0, 0.05) is 4.88 Å². The molecule has 3 rings (SSSR count). The molecule has 1 aromatic carbocycles. The number of nitrogens with zero attached hydrogens (tertiary/aromatic N) is 1. The molecule has 0 radical (unpaired) electrons.